The Balaban J connectivity index is 0. The van der Waals surface area contributed by atoms with Crippen molar-refractivity contribution < 1.29 is 35.9 Å². The van der Waals surface area contributed by atoms with Crippen LogP contribution in [0.15, 0.2) is 0 Å². The topological polar surface area (TPSA) is 20.3 Å². The van der Waals surface area contributed by atoms with Crippen molar-refractivity contribution in [3.05, 3.63) is 6.92 Å². The van der Waals surface area contributed by atoms with Crippen LogP contribution < -0.4 is 0 Å². The molecule has 0 unspecified atom stereocenters. The summed E-state index contributed by atoms with van der Waals surface area (Å²) in [5.41, 5.74) is 0. The van der Waals surface area contributed by atoms with Gasteiger partial charge in [-0.1, -0.05) is 26.2 Å². The molecule has 0 rings (SSSR count). The van der Waals surface area contributed by atoms with Crippen LogP contribution >= 0.6 is 0 Å². The molecule has 0 heterocycles. The molecule has 0 saturated carbocycles. The van der Waals surface area contributed by atoms with Gasteiger partial charge in [0, 0.05) is 0 Å². The van der Waals surface area contributed by atoms with Crippen molar-refractivity contribution in [3.8, 4) is 0 Å². The summed E-state index contributed by atoms with van der Waals surface area (Å²) in [5, 5.41) is 0. The van der Waals surface area contributed by atoms with Gasteiger partial charge in [0.1, 0.15) is 0 Å². The van der Waals surface area contributed by atoms with E-state index in [-0.39, 0.29) is 37.2 Å². The summed E-state index contributed by atoms with van der Waals surface area (Å²) in [6.45, 7) is 5.93. The van der Waals surface area contributed by atoms with E-state index in [9.17, 15) is 4.79 Å². The molecule has 2 nitrogen and oxygen atoms in total. The molecule has 0 aliphatic heterocycles. The molecule has 11 heavy (non-hydrogen) atoms. The summed E-state index contributed by atoms with van der Waals surface area (Å²) in [4.78, 5) is 11.6. The first-order valence-electron chi connectivity index (χ1n) is 3.66. The summed E-state index contributed by atoms with van der Waals surface area (Å²) in [7, 11) is 1.71. The fourth-order valence-corrected chi connectivity index (χ4v) is 0.708. The van der Waals surface area contributed by atoms with Gasteiger partial charge in [0.2, 0.25) is 0 Å². The molecule has 1 amide bonds. The predicted octanol–water partition coefficient (Wildman–Crippen LogP) is 1.38. The van der Waals surface area contributed by atoms with Gasteiger partial charge < -0.3 is 16.6 Å². The zero-order chi connectivity index (χ0) is 7.98. The minimum absolute atomic E-state index is 0. The van der Waals surface area contributed by atoms with E-state index in [1.54, 1.807) is 13.5 Å². The van der Waals surface area contributed by atoms with Crippen LogP contribution in [0.1, 0.15) is 26.2 Å². The fraction of sp³-hybridized carbons (Fsp3) is 0.750. The van der Waals surface area contributed by atoms with Crippen molar-refractivity contribution in [2.45, 2.75) is 32.2 Å². The standard InChI is InChI=1S/C8H15NO.U/c1-4-5-6-8(2)9(3)7-10;/h8H,2,4-6H2,1,3H3;/q-2;+2/t8-;/m1./s1. The Morgan fingerprint density at radius 1 is 1.64 bits per heavy atom. The second kappa shape index (κ2) is 8.62. The maximum absolute atomic E-state index is 10.1. The molecule has 0 radical (unpaired) electrons. The van der Waals surface area contributed by atoms with Crippen LogP contribution in [0, 0.1) is 38.0 Å². The zero-order valence-electron chi connectivity index (χ0n) is 7.26. The van der Waals surface area contributed by atoms with Gasteiger partial charge in [-0.05, 0) is 7.05 Å². The largest absolute Gasteiger partial charge is 2.00 e. The van der Waals surface area contributed by atoms with E-state index in [0.717, 1.165) is 19.3 Å². The second-order valence-corrected chi connectivity index (χ2v) is 2.50. The molecule has 0 N–H and O–H groups in total. The average Bonchev–Trinajstić information content (AvgIpc) is 1.98. The van der Waals surface area contributed by atoms with E-state index in [2.05, 4.69) is 13.8 Å². The molecule has 0 aromatic rings. The van der Waals surface area contributed by atoms with Gasteiger partial charge in [-0.25, -0.2) is 0 Å². The quantitative estimate of drug-likeness (QED) is 0.522. The molecule has 0 bridgehead atoms. The molecule has 0 saturated heterocycles. The van der Waals surface area contributed by atoms with Gasteiger partial charge >= 0.3 is 31.1 Å². The van der Waals surface area contributed by atoms with Crippen LogP contribution in [0.4, 0.5) is 0 Å². The summed E-state index contributed by atoms with van der Waals surface area (Å²) in [6.07, 6.45) is 5.05. The van der Waals surface area contributed by atoms with Crippen LogP contribution in [-0.4, -0.2) is 24.4 Å². The summed E-state index contributed by atoms with van der Waals surface area (Å²) >= 11 is 0. The monoisotopic (exact) mass is 379 g/mol. The normalized spacial score (nSPS) is 11.5. The molecular formula is C8H15NOU. The Kier molecular flexibility index (Phi) is 11.0. The minimum atomic E-state index is 0. The van der Waals surface area contributed by atoms with Crippen LogP contribution in [0.5, 0.6) is 0 Å². The molecule has 0 aromatic heterocycles. The Labute approximate surface area is 93.1 Å². The van der Waals surface area contributed by atoms with Gasteiger partial charge in [-0.2, -0.15) is 6.41 Å². The van der Waals surface area contributed by atoms with Gasteiger partial charge in [-0.15, -0.1) is 6.04 Å². The maximum Gasteiger partial charge on any atom is 2.00 e. The molecular weight excluding hydrogens is 364 g/mol. The second-order valence-electron chi connectivity index (χ2n) is 2.50. The van der Waals surface area contributed by atoms with Crippen molar-refractivity contribution in [2.24, 2.45) is 0 Å². The number of hydrogen-bond donors (Lipinski definition) is 0. The first-order valence-corrected chi connectivity index (χ1v) is 3.66. The first-order chi connectivity index (χ1) is 4.72. The van der Waals surface area contributed by atoms with E-state index < -0.39 is 0 Å². The Morgan fingerprint density at radius 2 is 2.18 bits per heavy atom. The van der Waals surface area contributed by atoms with Gasteiger partial charge in [0.25, 0.3) is 0 Å². The maximum atomic E-state index is 10.1. The number of nitrogens with zero attached hydrogens (tertiary/aromatic N) is 1. The smallest absolute Gasteiger partial charge is 0.542 e. The molecule has 0 aliphatic rings. The number of unbranched alkanes of at least 4 members (excludes halogenated alkanes) is 1. The third-order valence-corrected chi connectivity index (χ3v) is 1.58. The first kappa shape index (κ1) is 14.1. The van der Waals surface area contributed by atoms with E-state index >= 15 is 0 Å². The molecule has 3 heteroatoms. The minimum Gasteiger partial charge on any atom is -0.542 e. The molecule has 0 spiro atoms. The summed E-state index contributed by atoms with van der Waals surface area (Å²) in [5.74, 6) is 0. The van der Waals surface area contributed by atoms with E-state index in [4.69, 9.17) is 0 Å². The zero-order valence-corrected chi connectivity index (χ0v) is 11.4. The number of amides is 1. The SMILES string of the molecule is [CH2-][C@H](CCCC)N(C)[C-]=O.[U+2]. The van der Waals surface area contributed by atoms with Crippen molar-refractivity contribution >= 4 is 6.41 Å². The molecule has 1 atom stereocenters. The van der Waals surface area contributed by atoms with Crippen LogP contribution in [-0.2, 0) is 4.79 Å². The van der Waals surface area contributed by atoms with Gasteiger partial charge in [0.05, 0.1) is 0 Å². The van der Waals surface area contributed by atoms with Crippen LogP contribution in [0.3, 0.4) is 0 Å². The van der Waals surface area contributed by atoms with E-state index in [1.807, 2.05) is 0 Å². The summed E-state index contributed by atoms with van der Waals surface area (Å²) < 4.78 is 0. The van der Waals surface area contributed by atoms with Crippen LogP contribution in [0.25, 0.3) is 0 Å². The van der Waals surface area contributed by atoms with E-state index in [0.29, 0.717) is 0 Å². The Hall–Kier alpha value is 0.522. The van der Waals surface area contributed by atoms with Crippen LogP contribution in [0.2, 0.25) is 0 Å². The molecule has 0 aliphatic carbocycles. The van der Waals surface area contributed by atoms with Crippen molar-refractivity contribution in [2.75, 3.05) is 7.05 Å². The third kappa shape index (κ3) is 6.90. The van der Waals surface area contributed by atoms with Gasteiger partial charge in [-0.3, -0.25) is 0 Å². The third-order valence-electron chi connectivity index (χ3n) is 1.58. The van der Waals surface area contributed by atoms with Gasteiger partial charge in [0.15, 0.2) is 0 Å². The number of rotatable bonds is 5. The predicted molar refractivity (Wildman–Crippen MR) is 42.1 cm³/mol. The van der Waals surface area contributed by atoms with Crippen molar-refractivity contribution in [1.29, 1.82) is 0 Å². The number of hydrogen-bond acceptors (Lipinski definition) is 1. The van der Waals surface area contributed by atoms with E-state index in [1.165, 1.54) is 4.90 Å². The van der Waals surface area contributed by atoms with Crippen molar-refractivity contribution in [3.63, 3.8) is 0 Å². The Morgan fingerprint density at radius 3 is 2.55 bits per heavy atom. The number of carbonyl (C=O) groups excluding carboxylic acids is 1. The average molecular weight is 379 g/mol. The molecule has 0 aromatic carbocycles. The molecule has 62 valence electrons. The molecule has 0 fully saturated rings. The Bertz CT molecular complexity index is 98.1. The fourth-order valence-electron chi connectivity index (χ4n) is 0.708. The summed E-state index contributed by atoms with van der Waals surface area (Å²) in [6, 6.07) is 0.0949. The van der Waals surface area contributed by atoms with Crippen molar-refractivity contribution in [1.82, 2.24) is 4.90 Å².